The zero-order valence-electron chi connectivity index (χ0n) is 13.9. The number of aryl methyl sites for hydroxylation is 1. The zero-order valence-corrected chi connectivity index (χ0v) is 13.9. The van der Waals surface area contributed by atoms with Crippen LogP contribution in [0.1, 0.15) is 31.7 Å². The van der Waals surface area contributed by atoms with Crippen LogP contribution in [0.5, 0.6) is 5.75 Å². The molecular weight excluding hydrogens is 276 g/mol. The monoisotopic (exact) mass is 304 g/mol. The van der Waals surface area contributed by atoms with Gasteiger partial charge in [0.15, 0.2) is 0 Å². The van der Waals surface area contributed by atoms with Crippen LogP contribution in [0.2, 0.25) is 0 Å². The van der Waals surface area contributed by atoms with Gasteiger partial charge in [-0.1, -0.05) is 25.5 Å². The first-order valence-electron chi connectivity index (χ1n) is 8.38. The second-order valence-electron chi connectivity index (χ2n) is 5.99. The van der Waals surface area contributed by atoms with Gasteiger partial charge in [0.2, 0.25) is 5.91 Å². The third-order valence-corrected chi connectivity index (χ3v) is 4.13. The molecule has 0 atom stereocenters. The molecule has 0 N–H and O–H groups in total. The summed E-state index contributed by atoms with van der Waals surface area (Å²) in [6.45, 7) is 9.43. The quantitative estimate of drug-likeness (QED) is 0.776. The van der Waals surface area contributed by atoms with Crippen LogP contribution in [-0.2, 0) is 4.79 Å². The fourth-order valence-corrected chi connectivity index (χ4v) is 2.70. The molecule has 1 aromatic carbocycles. The van der Waals surface area contributed by atoms with Crippen LogP contribution in [0.15, 0.2) is 24.3 Å². The summed E-state index contributed by atoms with van der Waals surface area (Å²) < 4.78 is 5.79. The van der Waals surface area contributed by atoms with E-state index in [9.17, 15) is 4.79 Å². The molecule has 0 spiro atoms. The molecule has 1 aliphatic heterocycles. The molecule has 4 heteroatoms. The van der Waals surface area contributed by atoms with E-state index in [4.69, 9.17) is 4.74 Å². The molecule has 2 rings (SSSR count). The number of carbonyl (C=O) groups is 1. The van der Waals surface area contributed by atoms with Gasteiger partial charge in [-0.05, 0) is 31.0 Å². The van der Waals surface area contributed by atoms with Crippen LogP contribution in [0.4, 0.5) is 0 Å². The van der Waals surface area contributed by atoms with E-state index in [-0.39, 0.29) is 0 Å². The van der Waals surface area contributed by atoms with E-state index in [1.165, 1.54) is 5.56 Å². The van der Waals surface area contributed by atoms with E-state index in [2.05, 4.69) is 30.9 Å². The maximum absolute atomic E-state index is 12.0. The minimum Gasteiger partial charge on any atom is -0.492 e. The number of benzene rings is 1. The molecule has 1 saturated heterocycles. The van der Waals surface area contributed by atoms with E-state index in [1.807, 2.05) is 17.0 Å². The Morgan fingerprint density at radius 3 is 2.68 bits per heavy atom. The number of ether oxygens (including phenoxy) is 1. The smallest absolute Gasteiger partial charge is 0.222 e. The predicted molar refractivity (Wildman–Crippen MR) is 89.2 cm³/mol. The predicted octanol–water partition coefficient (Wildman–Crippen LogP) is 2.71. The molecule has 4 nitrogen and oxygen atoms in total. The molecule has 0 radical (unpaired) electrons. The van der Waals surface area contributed by atoms with Gasteiger partial charge in [0.05, 0.1) is 0 Å². The Balaban J connectivity index is 1.64. The molecule has 1 aromatic rings. The van der Waals surface area contributed by atoms with Gasteiger partial charge in [-0.2, -0.15) is 0 Å². The molecule has 0 aliphatic carbocycles. The van der Waals surface area contributed by atoms with Gasteiger partial charge in [0, 0.05) is 39.1 Å². The van der Waals surface area contributed by atoms with Crippen molar-refractivity contribution in [3.05, 3.63) is 29.8 Å². The standard InChI is InChI=1S/C18H28N2O2/c1-3-4-8-18(21)20-11-9-19(10-12-20)13-14-22-17-7-5-6-16(2)15-17/h5-7,15H,3-4,8-14H2,1-2H3. The highest BCUT2D eigenvalue weighted by atomic mass is 16.5. The van der Waals surface area contributed by atoms with Gasteiger partial charge < -0.3 is 9.64 Å². The second-order valence-corrected chi connectivity index (χ2v) is 5.99. The molecule has 0 unspecified atom stereocenters. The van der Waals surface area contributed by atoms with E-state index >= 15 is 0 Å². The molecule has 1 heterocycles. The fraction of sp³-hybridized carbons (Fsp3) is 0.611. The van der Waals surface area contributed by atoms with Gasteiger partial charge in [-0.15, -0.1) is 0 Å². The largest absolute Gasteiger partial charge is 0.492 e. The van der Waals surface area contributed by atoms with Crippen molar-refractivity contribution >= 4 is 5.91 Å². The van der Waals surface area contributed by atoms with Crippen LogP contribution < -0.4 is 4.74 Å². The first-order chi connectivity index (χ1) is 10.7. The van der Waals surface area contributed by atoms with Crippen LogP contribution in [0.3, 0.4) is 0 Å². The average Bonchev–Trinajstić information content (AvgIpc) is 2.53. The van der Waals surface area contributed by atoms with Gasteiger partial charge in [-0.3, -0.25) is 9.69 Å². The van der Waals surface area contributed by atoms with Crippen molar-refractivity contribution in [2.24, 2.45) is 0 Å². The third-order valence-electron chi connectivity index (χ3n) is 4.13. The molecule has 1 fully saturated rings. The molecule has 122 valence electrons. The highest BCUT2D eigenvalue weighted by Crippen LogP contribution is 2.12. The van der Waals surface area contributed by atoms with E-state index in [1.54, 1.807) is 0 Å². The molecule has 0 bridgehead atoms. The lowest BCUT2D eigenvalue weighted by Gasteiger charge is -2.34. The minimum atomic E-state index is 0.317. The SMILES string of the molecule is CCCCC(=O)N1CCN(CCOc2cccc(C)c2)CC1. The van der Waals surface area contributed by atoms with Crippen LogP contribution in [0, 0.1) is 6.92 Å². The topological polar surface area (TPSA) is 32.8 Å². The summed E-state index contributed by atoms with van der Waals surface area (Å²) in [4.78, 5) is 16.4. The van der Waals surface area contributed by atoms with Crippen LogP contribution >= 0.6 is 0 Å². The Morgan fingerprint density at radius 1 is 1.23 bits per heavy atom. The van der Waals surface area contributed by atoms with E-state index in [0.717, 1.165) is 51.3 Å². The van der Waals surface area contributed by atoms with Gasteiger partial charge in [0.1, 0.15) is 12.4 Å². The lowest BCUT2D eigenvalue weighted by molar-refractivity contribution is -0.133. The molecule has 0 saturated carbocycles. The van der Waals surface area contributed by atoms with Crippen molar-refractivity contribution in [1.82, 2.24) is 9.80 Å². The summed E-state index contributed by atoms with van der Waals surface area (Å²) in [7, 11) is 0. The number of nitrogens with zero attached hydrogens (tertiary/aromatic N) is 2. The van der Waals surface area contributed by atoms with Crippen molar-refractivity contribution in [2.75, 3.05) is 39.3 Å². The first-order valence-corrected chi connectivity index (χ1v) is 8.38. The summed E-state index contributed by atoms with van der Waals surface area (Å²) in [6.07, 6.45) is 2.79. The Kier molecular flexibility index (Phi) is 6.72. The molecule has 22 heavy (non-hydrogen) atoms. The second kappa shape index (κ2) is 8.79. The van der Waals surface area contributed by atoms with Gasteiger partial charge >= 0.3 is 0 Å². The summed E-state index contributed by atoms with van der Waals surface area (Å²) in [5, 5.41) is 0. The highest BCUT2D eigenvalue weighted by molar-refractivity contribution is 5.76. The maximum Gasteiger partial charge on any atom is 0.222 e. The van der Waals surface area contributed by atoms with Crippen LogP contribution in [0.25, 0.3) is 0 Å². The number of hydrogen-bond donors (Lipinski definition) is 0. The first kappa shape index (κ1) is 16.8. The summed E-state index contributed by atoms with van der Waals surface area (Å²) in [5.41, 5.74) is 1.22. The van der Waals surface area contributed by atoms with Crippen molar-refractivity contribution in [3.63, 3.8) is 0 Å². The van der Waals surface area contributed by atoms with Crippen molar-refractivity contribution in [2.45, 2.75) is 33.1 Å². The average molecular weight is 304 g/mol. The molecule has 0 aromatic heterocycles. The Hall–Kier alpha value is -1.55. The van der Waals surface area contributed by atoms with Crippen molar-refractivity contribution in [1.29, 1.82) is 0 Å². The number of hydrogen-bond acceptors (Lipinski definition) is 3. The molecule has 1 aliphatic rings. The van der Waals surface area contributed by atoms with Gasteiger partial charge in [-0.25, -0.2) is 0 Å². The number of amides is 1. The highest BCUT2D eigenvalue weighted by Gasteiger charge is 2.20. The minimum absolute atomic E-state index is 0.317. The Bertz CT molecular complexity index is 468. The molecule has 1 amide bonds. The lowest BCUT2D eigenvalue weighted by Crippen LogP contribution is -2.49. The summed E-state index contributed by atoms with van der Waals surface area (Å²) >= 11 is 0. The number of rotatable bonds is 7. The number of unbranched alkanes of at least 4 members (excludes halogenated alkanes) is 1. The molecular formula is C18H28N2O2. The third kappa shape index (κ3) is 5.34. The zero-order chi connectivity index (χ0) is 15.8. The number of carbonyl (C=O) groups excluding carboxylic acids is 1. The Morgan fingerprint density at radius 2 is 2.00 bits per heavy atom. The lowest BCUT2D eigenvalue weighted by atomic mass is 10.2. The normalized spacial score (nSPS) is 15.8. The Labute approximate surface area is 134 Å². The van der Waals surface area contributed by atoms with E-state index in [0.29, 0.717) is 18.9 Å². The van der Waals surface area contributed by atoms with E-state index < -0.39 is 0 Å². The fourth-order valence-electron chi connectivity index (χ4n) is 2.70. The van der Waals surface area contributed by atoms with Crippen LogP contribution in [-0.4, -0.2) is 55.0 Å². The maximum atomic E-state index is 12.0. The number of piperazine rings is 1. The van der Waals surface area contributed by atoms with Crippen molar-refractivity contribution in [3.8, 4) is 5.75 Å². The summed E-state index contributed by atoms with van der Waals surface area (Å²) in [6, 6.07) is 8.15. The van der Waals surface area contributed by atoms with Gasteiger partial charge in [0.25, 0.3) is 0 Å². The summed E-state index contributed by atoms with van der Waals surface area (Å²) in [5.74, 6) is 1.26. The van der Waals surface area contributed by atoms with Crippen molar-refractivity contribution < 1.29 is 9.53 Å².